The summed E-state index contributed by atoms with van der Waals surface area (Å²) < 4.78 is 54.4. The van der Waals surface area contributed by atoms with E-state index in [1.807, 2.05) is 0 Å². The third-order valence-electron chi connectivity index (χ3n) is 5.07. The Bertz CT molecular complexity index is 1310. The first-order valence-electron chi connectivity index (χ1n) is 10.0. The highest BCUT2D eigenvalue weighted by atomic mass is 32.2. The van der Waals surface area contributed by atoms with Crippen molar-refractivity contribution in [2.75, 3.05) is 23.1 Å². The third-order valence-corrected chi connectivity index (χ3v) is 9.65. The molecule has 2 N–H and O–H groups in total. The molecule has 1 saturated heterocycles. The summed E-state index contributed by atoms with van der Waals surface area (Å²) in [6.07, 6.45) is 3.98. The Labute approximate surface area is 195 Å². The van der Waals surface area contributed by atoms with Gasteiger partial charge in [-0.1, -0.05) is 6.07 Å². The molecule has 0 aliphatic carbocycles. The molecule has 13 heteroatoms. The maximum absolute atomic E-state index is 12.8. The van der Waals surface area contributed by atoms with Gasteiger partial charge in [-0.15, -0.1) is 11.3 Å². The van der Waals surface area contributed by atoms with E-state index in [0.717, 1.165) is 11.3 Å². The van der Waals surface area contributed by atoms with Gasteiger partial charge in [0.2, 0.25) is 11.9 Å². The number of benzene rings is 1. The van der Waals surface area contributed by atoms with Crippen molar-refractivity contribution in [3.63, 3.8) is 0 Å². The Balaban J connectivity index is 1.40. The van der Waals surface area contributed by atoms with Crippen molar-refractivity contribution in [3.05, 3.63) is 60.2 Å². The highest BCUT2D eigenvalue weighted by molar-refractivity contribution is 7.92. The van der Waals surface area contributed by atoms with Crippen LogP contribution in [0.4, 0.5) is 11.6 Å². The second-order valence-electron chi connectivity index (χ2n) is 7.33. The first kappa shape index (κ1) is 23.3. The van der Waals surface area contributed by atoms with Crippen LogP contribution in [0.25, 0.3) is 0 Å². The highest BCUT2D eigenvalue weighted by Gasteiger charge is 2.33. The number of piperidine rings is 1. The van der Waals surface area contributed by atoms with Gasteiger partial charge in [0.25, 0.3) is 20.0 Å². The Kier molecular flexibility index (Phi) is 6.74. The van der Waals surface area contributed by atoms with Crippen LogP contribution in [0.2, 0.25) is 0 Å². The normalized spacial score (nSPS) is 17.4. The number of nitrogens with zero attached hydrogens (tertiary/aromatic N) is 3. The standard InChI is InChI=1S/C20H21N5O5S3/c26-19(15-4-1-12-25(14-15)33(29,30)18-5-2-13-31-18)23-16-6-8-17(9-7-16)32(27,28)24-20-21-10-3-11-22-20/h2-3,5-11,13,15H,1,4,12,14H2,(H,23,26)(H,21,22,24). The minimum atomic E-state index is -3.88. The molecule has 33 heavy (non-hydrogen) atoms. The summed E-state index contributed by atoms with van der Waals surface area (Å²) in [6, 6.07) is 10.5. The smallest absolute Gasteiger partial charge is 0.264 e. The van der Waals surface area contributed by atoms with Gasteiger partial charge in [-0.25, -0.2) is 31.5 Å². The van der Waals surface area contributed by atoms with Crippen LogP contribution >= 0.6 is 11.3 Å². The van der Waals surface area contributed by atoms with Crippen LogP contribution in [0.15, 0.2) is 69.3 Å². The minimum Gasteiger partial charge on any atom is -0.326 e. The number of carbonyl (C=O) groups is 1. The van der Waals surface area contributed by atoms with Gasteiger partial charge in [0.1, 0.15) is 4.21 Å². The first-order chi connectivity index (χ1) is 15.8. The van der Waals surface area contributed by atoms with Crippen LogP contribution in [-0.2, 0) is 24.8 Å². The predicted octanol–water partition coefficient (Wildman–Crippen LogP) is 2.38. The van der Waals surface area contributed by atoms with E-state index >= 15 is 0 Å². The van der Waals surface area contributed by atoms with E-state index in [0.29, 0.717) is 25.1 Å². The zero-order chi connectivity index (χ0) is 23.5. The van der Waals surface area contributed by atoms with Crippen LogP contribution in [0, 0.1) is 5.92 Å². The molecule has 1 atom stereocenters. The van der Waals surface area contributed by atoms with Crippen LogP contribution < -0.4 is 10.0 Å². The molecule has 174 valence electrons. The fourth-order valence-electron chi connectivity index (χ4n) is 3.40. The summed E-state index contributed by atoms with van der Waals surface area (Å²) in [5, 5.41) is 4.45. The van der Waals surface area contributed by atoms with Gasteiger partial charge in [0.05, 0.1) is 10.8 Å². The Morgan fingerprint density at radius 2 is 1.76 bits per heavy atom. The Hall–Kier alpha value is -2.87. The molecule has 1 aliphatic heterocycles. The van der Waals surface area contributed by atoms with Gasteiger partial charge in [0, 0.05) is 31.2 Å². The Morgan fingerprint density at radius 3 is 2.42 bits per heavy atom. The quantitative estimate of drug-likeness (QED) is 0.501. The van der Waals surface area contributed by atoms with Gasteiger partial charge in [-0.05, 0) is 54.6 Å². The fraction of sp³-hybridized carbons (Fsp3) is 0.250. The lowest BCUT2D eigenvalue weighted by molar-refractivity contribution is -0.120. The topological polar surface area (TPSA) is 138 Å². The van der Waals surface area contributed by atoms with Crippen molar-refractivity contribution >= 4 is 48.9 Å². The number of hydrogen-bond donors (Lipinski definition) is 2. The molecule has 0 radical (unpaired) electrons. The SMILES string of the molecule is O=C(Nc1ccc(S(=O)(=O)Nc2ncccn2)cc1)C1CCCN(S(=O)(=O)c2cccs2)C1. The number of nitrogens with one attached hydrogen (secondary N) is 2. The number of aromatic nitrogens is 2. The van der Waals surface area contributed by atoms with E-state index in [1.54, 1.807) is 23.6 Å². The number of sulfonamides is 2. The molecule has 0 saturated carbocycles. The van der Waals surface area contributed by atoms with E-state index < -0.39 is 26.0 Å². The molecule has 1 unspecified atom stereocenters. The maximum atomic E-state index is 12.8. The van der Waals surface area contributed by atoms with E-state index in [1.165, 1.54) is 41.0 Å². The van der Waals surface area contributed by atoms with Crippen LogP contribution in [0.3, 0.4) is 0 Å². The molecule has 2 aromatic heterocycles. The van der Waals surface area contributed by atoms with Gasteiger partial charge in [-0.3, -0.25) is 4.79 Å². The van der Waals surface area contributed by atoms with E-state index in [4.69, 9.17) is 0 Å². The largest absolute Gasteiger partial charge is 0.326 e. The summed E-state index contributed by atoms with van der Waals surface area (Å²) in [6.45, 7) is 0.466. The molecule has 10 nitrogen and oxygen atoms in total. The number of carbonyl (C=O) groups excluding carboxylic acids is 1. The first-order valence-corrected chi connectivity index (χ1v) is 13.8. The molecule has 0 bridgehead atoms. The molecule has 0 spiro atoms. The van der Waals surface area contributed by atoms with Gasteiger partial charge >= 0.3 is 0 Å². The van der Waals surface area contributed by atoms with Crippen molar-refractivity contribution in [2.45, 2.75) is 21.9 Å². The van der Waals surface area contributed by atoms with Crippen LogP contribution in [0.5, 0.6) is 0 Å². The van der Waals surface area contributed by atoms with Crippen molar-refractivity contribution in [3.8, 4) is 0 Å². The number of anilines is 2. The van der Waals surface area contributed by atoms with E-state index in [9.17, 15) is 21.6 Å². The molecular formula is C20H21N5O5S3. The average Bonchev–Trinajstić information content (AvgIpc) is 3.36. The summed E-state index contributed by atoms with van der Waals surface area (Å²) in [5.74, 6) is -0.865. The lowest BCUT2D eigenvalue weighted by Gasteiger charge is -2.30. The van der Waals surface area contributed by atoms with Crippen molar-refractivity contribution in [2.24, 2.45) is 5.92 Å². The zero-order valence-electron chi connectivity index (χ0n) is 17.3. The summed E-state index contributed by atoms with van der Waals surface area (Å²) >= 11 is 1.15. The molecule has 3 aromatic rings. The molecule has 4 rings (SSSR count). The maximum Gasteiger partial charge on any atom is 0.264 e. The molecular weight excluding hydrogens is 486 g/mol. The lowest BCUT2D eigenvalue weighted by atomic mass is 9.99. The molecule has 1 amide bonds. The number of thiophene rings is 1. The summed E-state index contributed by atoms with van der Waals surface area (Å²) in [5.41, 5.74) is 0.410. The molecule has 1 aromatic carbocycles. The van der Waals surface area contributed by atoms with Gasteiger partial charge < -0.3 is 5.32 Å². The lowest BCUT2D eigenvalue weighted by Crippen LogP contribution is -2.43. The molecule has 1 fully saturated rings. The number of rotatable bonds is 7. The summed E-state index contributed by atoms with van der Waals surface area (Å²) in [7, 11) is -7.50. The van der Waals surface area contributed by atoms with E-state index in [2.05, 4.69) is 20.0 Å². The minimum absolute atomic E-state index is 0.0150. The van der Waals surface area contributed by atoms with Crippen molar-refractivity contribution in [1.82, 2.24) is 14.3 Å². The van der Waals surface area contributed by atoms with Crippen LogP contribution in [0.1, 0.15) is 12.8 Å². The van der Waals surface area contributed by atoms with Crippen LogP contribution in [-0.4, -0.2) is 50.1 Å². The van der Waals surface area contributed by atoms with Crippen molar-refractivity contribution in [1.29, 1.82) is 0 Å². The van der Waals surface area contributed by atoms with Gasteiger partial charge in [0.15, 0.2) is 0 Å². The fourth-order valence-corrected chi connectivity index (χ4v) is 7.03. The highest BCUT2D eigenvalue weighted by Crippen LogP contribution is 2.27. The molecule has 3 heterocycles. The average molecular weight is 508 g/mol. The molecule has 1 aliphatic rings. The Morgan fingerprint density at radius 1 is 1.03 bits per heavy atom. The second-order valence-corrected chi connectivity index (χ2v) is 12.1. The second kappa shape index (κ2) is 9.55. The number of hydrogen-bond acceptors (Lipinski definition) is 8. The zero-order valence-corrected chi connectivity index (χ0v) is 19.7. The van der Waals surface area contributed by atoms with Crippen molar-refractivity contribution < 1.29 is 21.6 Å². The third kappa shape index (κ3) is 5.38. The predicted molar refractivity (Wildman–Crippen MR) is 124 cm³/mol. The van der Waals surface area contributed by atoms with E-state index in [-0.39, 0.29) is 27.5 Å². The summed E-state index contributed by atoms with van der Waals surface area (Å²) in [4.78, 5) is 20.4. The monoisotopic (exact) mass is 507 g/mol. The van der Waals surface area contributed by atoms with Gasteiger partial charge in [-0.2, -0.15) is 4.31 Å². The number of amides is 1.